The first-order valence-electron chi connectivity index (χ1n) is 8.65. The third-order valence-corrected chi connectivity index (χ3v) is 4.57. The lowest BCUT2D eigenvalue weighted by atomic mass is 10.2. The van der Waals surface area contributed by atoms with E-state index in [2.05, 4.69) is 10.4 Å². The Morgan fingerprint density at radius 2 is 2.07 bits per heavy atom. The Morgan fingerprint density at radius 1 is 1.32 bits per heavy atom. The van der Waals surface area contributed by atoms with Crippen LogP contribution in [-0.2, 0) is 20.9 Å². The van der Waals surface area contributed by atoms with E-state index < -0.39 is 24.5 Å². The summed E-state index contributed by atoms with van der Waals surface area (Å²) in [5.74, 6) is -1.28. The van der Waals surface area contributed by atoms with Gasteiger partial charge in [-0.2, -0.15) is 5.10 Å². The van der Waals surface area contributed by atoms with Crippen LogP contribution in [0.4, 0.5) is 4.79 Å². The summed E-state index contributed by atoms with van der Waals surface area (Å²) in [6, 6.07) is 9.26. The van der Waals surface area contributed by atoms with E-state index in [1.165, 1.54) is 12.2 Å². The molecule has 0 spiro atoms. The van der Waals surface area contributed by atoms with Gasteiger partial charge in [0, 0.05) is 24.7 Å². The molecule has 0 unspecified atom stereocenters. The lowest BCUT2D eigenvalue weighted by molar-refractivity contribution is -0.146. The Labute approximate surface area is 166 Å². The number of nitrogens with one attached hydrogen (secondary N) is 1. The van der Waals surface area contributed by atoms with Crippen molar-refractivity contribution in [3.63, 3.8) is 0 Å². The van der Waals surface area contributed by atoms with Crippen molar-refractivity contribution in [1.29, 1.82) is 0 Å². The maximum atomic E-state index is 11.9. The normalized spacial score (nSPS) is 13.8. The van der Waals surface area contributed by atoms with Crippen LogP contribution in [0.1, 0.15) is 16.8 Å². The van der Waals surface area contributed by atoms with E-state index in [4.69, 9.17) is 16.3 Å². The van der Waals surface area contributed by atoms with Crippen LogP contribution < -0.4 is 5.32 Å². The Balaban J connectivity index is 1.59. The molecule has 8 nitrogen and oxygen atoms in total. The second-order valence-corrected chi connectivity index (χ2v) is 6.51. The molecule has 1 aliphatic heterocycles. The van der Waals surface area contributed by atoms with Crippen molar-refractivity contribution in [2.45, 2.75) is 13.5 Å². The van der Waals surface area contributed by atoms with E-state index in [9.17, 15) is 14.4 Å². The van der Waals surface area contributed by atoms with Crippen LogP contribution in [0, 0.1) is 6.92 Å². The fourth-order valence-corrected chi connectivity index (χ4v) is 3.03. The molecular weight excluding hydrogens is 384 g/mol. The molecule has 1 aromatic heterocycles. The van der Waals surface area contributed by atoms with Crippen LogP contribution in [0.5, 0.6) is 0 Å². The van der Waals surface area contributed by atoms with Crippen LogP contribution >= 0.6 is 11.6 Å². The fourth-order valence-electron chi connectivity index (χ4n) is 2.74. The van der Waals surface area contributed by atoms with Crippen LogP contribution in [0.3, 0.4) is 0 Å². The number of imide groups is 1. The first-order chi connectivity index (χ1) is 13.5. The summed E-state index contributed by atoms with van der Waals surface area (Å²) in [5, 5.41) is 7.30. The third-order valence-electron chi connectivity index (χ3n) is 4.17. The third kappa shape index (κ3) is 4.58. The molecule has 146 valence electrons. The molecule has 2 heterocycles. The number of hydrogen-bond donors (Lipinski definition) is 1. The van der Waals surface area contributed by atoms with Crippen molar-refractivity contribution in [3.8, 4) is 0 Å². The highest BCUT2D eigenvalue weighted by Gasteiger charge is 2.26. The molecule has 2 aromatic rings. The van der Waals surface area contributed by atoms with Crippen molar-refractivity contribution in [1.82, 2.24) is 20.0 Å². The first kappa shape index (κ1) is 19.6. The summed E-state index contributed by atoms with van der Waals surface area (Å²) in [5.41, 5.74) is 2.31. The molecule has 0 bridgehead atoms. The maximum Gasteiger partial charge on any atom is 0.331 e. The molecule has 3 rings (SSSR count). The standard InChI is InChI=1S/C19H19ClN4O4/c1-13-15(18(20)24(22-13)11-14-5-3-2-4-6-14)7-8-17(26)28-12-16(25)23-10-9-21-19(23)27/h2-8H,9-12H2,1H3,(H,21,27)/b8-7+. The molecule has 0 atom stereocenters. The zero-order valence-electron chi connectivity index (χ0n) is 15.2. The number of esters is 1. The Hall–Kier alpha value is -3.13. The molecule has 1 fully saturated rings. The number of aryl methyl sites for hydroxylation is 1. The van der Waals surface area contributed by atoms with Gasteiger partial charge in [-0.1, -0.05) is 41.9 Å². The summed E-state index contributed by atoms with van der Waals surface area (Å²) >= 11 is 6.38. The molecule has 1 N–H and O–H groups in total. The quantitative estimate of drug-likeness (QED) is 0.589. The number of amides is 3. The summed E-state index contributed by atoms with van der Waals surface area (Å²) < 4.78 is 6.55. The lowest BCUT2D eigenvalue weighted by Crippen LogP contribution is -2.37. The van der Waals surface area contributed by atoms with E-state index in [0.717, 1.165) is 10.5 Å². The van der Waals surface area contributed by atoms with Crippen molar-refractivity contribution >= 4 is 35.6 Å². The number of nitrogens with zero attached hydrogens (tertiary/aromatic N) is 3. The number of hydrogen-bond acceptors (Lipinski definition) is 5. The van der Waals surface area contributed by atoms with Gasteiger partial charge >= 0.3 is 12.0 Å². The predicted octanol–water partition coefficient (Wildman–Crippen LogP) is 2.00. The highest BCUT2D eigenvalue weighted by Crippen LogP contribution is 2.22. The summed E-state index contributed by atoms with van der Waals surface area (Å²) in [4.78, 5) is 36.1. The largest absolute Gasteiger partial charge is 0.452 e. The predicted molar refractivity (Wildman–Crippen MR) is 103 cm³/mol. The van der Waals surface area contributed by atoms with Gasteiger partial charge in [0.15, 0.2) is 6.61 Å². The summed E-state index contributed by atoms with van der Waals surface area (Å²) in [7, 11) is 0. The maximum absolute atomic E-state index is 11.9. The van der Waals surface area contributed by atoms with Gasteiger partial charge in [0.05, 0.1) is 12.2 Å². The van der Waals surface area contributed by atoms with Gasteiger partial charge in [0.1, 0.15) is 5.15 Å². The molecule has 0 aliphatic carbocycles. The average molecular weight is 403 g/mol. The van der Waals surface area contributed by atoms with Crippen molar-refractivity contribution in [2.24, 2.45) is 0 Å². The molecule has 28 heavy (non-hydrogen) atoms. The number of aromatic nitrogens is 2. The van der Waals surface area contributed by atoms with Gasteiger partial charge in [-0.3, -0.25) is 9.69 Å². The summed E-state index contributed by atoms with van der Waals surface area (Å²) in [6.45, 7) is 2.44. The number of halogens is 1. The fraction of sp³-hybridized carbons (Fsp3) is 0.263. The summed E-state index contributed by atoms with van der Waals surface area (Å²) in [6.07, 6.45) is 2.68. The Bertz CT molecular complexity index is 924. The average Bonchev–Trinajstić information content (AvgIpc) is 3.22. The molecule has 1 aliphatic rings. The molecule has 1 aromatic carbocycles. The van der Waals surface area contributed by atoms with E-state index in [0.29, 0.717) is 29.5 Å². The second-order valence-electron chi connectivity index (χ2n) is 6.15. The van der Waals surface area contributed by atoms with Gasteiger partial charge in [0.25, 0.3) is 5.91 Å². The monoisotopic (exact) mass is 402 g/mol. The van der Waals surface area contributed by atoms with E-state index in [-0.39, 0.29) is 6.54 Å². The zero-order valence-corrected chi connectivity index (χ0v) is 16.0. The van der Waals surface area contributed by atoms with Crippen molar-refractivity contribution < 1.29 is 19.1 Å². The van der Waals surface area contributed by atoms with Crippen LogP contribution in [-0.4, -0.2) is 52.3 Å². The van der Waals surface area contributed by atoms with Crippen LogP contribution in [0.15, 0.2) is 36.4 Å². The van der Waals surface area contributed by atoms with E-state index >= 15 is 0 Å². The number of ether oxygens (including phenoxy) is 1. The van der Waals surface area contributed by atoms with Gasteiger partial charge in [-0.15, -0.1) is 0 Å². The van der Waals surface area contributed by atoms with Gasteiger partial charge < -0.3 is 10.1 Å². The Kier molecular flexibility index (Phi) is 6.10. The van der Waals surface area contributed by atoms with Gasteiger partial charge in [0.2, 0.25) is 0 Å². The highest BCUT2D eigenvalue weighted by atomic mass is 35.5. The number of urea groups is 1. The number of carbonyl (C=O) groups is 3. The SMILES string of the molecule is Cc1nn(Cc2ccccc2)c(Cl)c1/C=C/C(=O)OCC(=O)N1CCNC1=O. The van der Waals surface area contributed by atoms with E-state index in [1.54, 1.807) is 11.6 Å². The highest BCUT2D eigenvalue weighted by molar-refractivity contribution is 6.31. The lowest BCUT2D eigenvalue weighted by Gasteiger charge is -2.11. The van der Waals surface area contributed by atoms with Gasteiger partial charge in [-0.05, 0) is 18.6 Å². The minimum absolute atomic E-state index is 0.264. The first-order valence-corrected chi connectivity index (χ1v) is 9.03. The molecule has 1 saturated heterocycles. The van der Waals surface area contributed by atoms with Crippen molar-refractivity contribution in [2.75, 3.05) is 19.7 Å². The molecular formula is C19H19ClN4O4. The molecule has 0 saturated carbocycles. The smallest absolute Gasteiger partial charge is 0.331 e. The van der Waals surface area contributed by atoms with Gasteiger partial charge in [-0.25, -0.2) is 14.3 Å². The zero-order chi connectivity index (χ0) is 20.1. The number of carbonyl (C=O) groups excluding carboxylic acids is 3. The number of rotatable bonds is 6. The molecule has 9 heteroatoms. The minimum Gasteiger partial charge on any atom is -0.452 e. The van der Waals surface area contributed by atoms with Crippen LogP contribution in [0.25, 0.3) is 6.08 Å². The van der Waals surface area contributed by atoms with Crippen molar-refractivity contribution in [3.05, 3.63) is 58.4 Å². The van der Waals surface area contributed by atoms with Crippen LogP contribution in [0.2, 0.25) is 5.15 Å². The minimum atomic E-state index is -0.709. The molecule has 0 radical (unpaired) electrons. The number of benzene rings is 1. The topological polar surface area (TPSA) is 93.5 Å². The Morgan fingerprint density at radius 3 is 2.75 bits per heavy atom. The second kappa shape index (κ2) is 8.71. The molecule has 3 amide bonds. The van der Waals surface area contributed by atoms with E-state index in [1.807, 2.05) is 30.3 Å².